The van der Waals surface area contributed by atoms with Crippen molar-refractivity contribution in [1.82, 2.24) is 4.90 Å². The molecule has 0 saturated heterocycles. The minimum atomic E-state index is -0.659. The lowest BCUT2D eigenvalue weighted by Gasteiger charge is -2.17. The van der Waals surface area contributed by atoms with E-state index in [1.807, 2.05) is 0 Å². The number of aryl methyl sites for hydroxylation is 2. The zero-order valence-electron chi connectivity index (χ0n) is 16.4. The number of nitrogens with zero attached hydrogens (tertiary/aromatic N) is 1. The Bertz CT molecular complexity index is 1290. The summed E-state index contributed by atoms with van der Waals surface area (Å²) in [7, 11) is 0. The first-order valence-corrected chi connectivity index (χ1v) is 9.64. The van der Waals surface area contributed by atoms with E-state index in [0.717, 1.165) is 4.90 Å². The van der Waals surface area contributed by atoms with Crippen molar-refractivity contribution in [2.24, 2.45) is 0 Å². The number of aromatic hydroxyl groups is 1. The average Bonchev–Trinajstić information content (AvgIpc) is 2.94. The molecule has 7 heteroatoms. The van der Waals surface area contributed by atoms with Crippen LogP contribution >= 0.6 is 11.6 Å². The predicted molar refractivity (Wildman–Crippen MR) is 113 cm³/mol. The fourth-order valence-electron chi connectivity index (χ4n) is 3.80. The van der Waals surface area contributed by atoms with Gasteiger partial charge in [0, 0.05) is 28.0 Å². The first-order valence-electron chi connectivity index (χ1n) is 9.27. The number of carbonyl (C=O) groups excluding carboxylic acids is 2. The molecule has 0 unspecified atom stereocenters. The van der Waals surface area contributed by atoms with Gasteiger partial charge in [0.2, 0.25) is 0 Å². The molecule has 30 heavy (non-hydrogen) atoms. The van der Waals surface area contributed by atoms with Crippen LogP contribution < -0.4 is 5.63 Å². The first-order chi connectivity index (χ1) is 14.2. The SMILES string of the molecule is C=C(Cl)Cc1cc2c(C)c(CN3C(=O)c4ccccc4C3=O)c(=O)oc2c(C)c1O. The van der Waals surface area contributed by atoms with Gasteiger partial charge in [0.05, 0.1) is 23.2 Å². The van der Waals surface area contributed by atoms with Crippen molar-refractivity contribution in [3.8, 4) is 5.75 Å². The highest BCUT2D eigenvalue weighted by Crippen LogP contribution is 2.34. The third-order valence-electron chi connectivity index (χ3n) is 5.44. The molecule has 0 radical (unpaired) electrons. The molecule has 0 saturated carbocycles. The number of rotatable bonds is 4. The van der Waals surface area contributed by atoms with Crippen LogP contribution in [0.5, 0.6) is 5.75 Å². The van der Waals surface area contributed by atoms with Crippen LogP contribution in [0.25, 0.3) is 11.0 Å². The van der Waals surface area contributed by atoms with Crippen LogP contribution in [0.1, 0.15) is 43.0 Å². The van der Waals surface area contributed by atoms with E-state index < -0.39 is 17.4 Å². The van der Waals surface area contributed by atoms with Crippen molar-refractivity contribution in [1.29, 1.82) is 0 Å². The number of phenolic OH excluding ortho intramolecular Hbond substituents is 1. The Hall–Kier alpha value is -3.38. The Morgan fingerprint density at radius 3 is 2.27 bits per heavy atom. The molecule has 152 valence electrons. The van der Waals surface area contributed by atoms with E-state index in [1.54, 1.807) is 44.2 Å². The number of phenols is 1. The number of halogens is 1. The minimum absolute atomic E-state index is 0.0139. The molecule has 0 fully saturated rings. The minimum Gasteiger partial charge on any atom is -0.507 e. The van der Waals surface area contributed by atoms with E-state index in [9.17, 15) is 19.5 Å². The van der Waals surface area contributed by atoms with Crippen LogP contribution in [0.4, 0.5) is 0 Å². The lowest BCUT2D eigenvalue weighted by molar-refractivity contribution is 0.0641. The molecule has 1 aliphatic rings. The van der Waals surface area contributed by atoms with Crippen LogP contribution in [0.3, 0.4) is 0 Å². The summed E-state index contributed by atoms with van der Waals surface area (Å²) in [5, 5.41) is 11.4. The fourth-order valence-corrected chi connectivity index (χ4v) is 3.95. The van der Waals surface area contributed by atoms with Gasteiger partial charge < -0.3 is 9.52 Å². The number of hydrogen-bond donors (Lipinski definition) is 1. The zero-order chi connectivity index (χ0) is 21.7. The maximum atomic E-state index is 12.7. The van der Waals surface area contributed by atoms with E-state index in [4.69, 9.17) is 16.0 Å². The average molecular weight is 424 g/mol. The second-order valence-electron chi connectivity index (χ2n) is 7.32. The maximum Gasteiger partial charge on any atom is 0.341 e. The van der Waals surface area contributed by atoms with E-state index in [-0.39, 0.29) is 29.9 Å². The molecule has 0 atom stereocenters. The molecule has 1 aliphatic heterocycles. The van der Waals surface area contributed by atoms with Crippen LogP contribution in [0.15, 0.2) is 51.2 Å². The third kappa shape index (κ3) is 3.00. The lowest BCUT2D eigenvalue weighted by Crippen LogP contribution is -2.31. The first kappa shape index (κ1) is 19.9. The molecule has 1 N–H and O–H groups in total. The molecule has 0 aliphatic carbocycles. The van der Waals surface area contributed by atoms with Crippen LogP contribution in [-0.2, 0) is 13.0 Å². The van der Waals surface area contributed by atoms with Crippen LogP contribution in [-0.4, -0.2) is 21.8 Å². The van der Waals surface area contributed by atoms with Crippen molar-refractivity contribution in [2.45, 2.75) is 26.8 Å². The van der Waals surface area contributed by atoms with Gasteiger partial charge in [-0.2, -0.15) is 0 Å². The normalized spacial score (nSPS) is 13.2. The van der Waals surface area contributed by atoms with Crippen LogP contribution in [0, 0.1) is 13.8 Å². The van der Waals surface area contributed by atoms with E-state index in [0.29, 0.717) is 38.2 Å². The van der Waals surface area contributed by atoms with Crippen molar-refractivity contribution in [3.63, 3.8) is 0 Å². The van der Waals surface area contributed by atoms with Gasteiger partial charge in [-0.15, -0.1) is 0 Å². The Morgan fingerprint density at radius 2 is 1.70 bits per heavy atom. The van der Waals surface area contributed by atoms with Crippen LogP contribution in [0.2, 0.25) is 0 Å². The molecule has 3 aromatic rings. The number of amides is 2. The summed E-state index contributed by atoms with van der Waals surface area (Å²) >= 11 is 5.91. The summed E-state index contributed by atoms with van der Waals surface area (Å²) in [5.41, 5.74) is 1.96. The highest BCUT2D eigenvalue weighted by Gasteiger charge is 2.36. The predicted octanol–water partition coefficient (Wildman–Crippen LogP) is 4.21. The number of hydrogen-bond acceptors (Lipinski definition) is 5. The highest BCUT2D eigenvalue weighted by molar-refractivity contribution is 6.29. The van der Waals surface area contributed by atoms with Crippen molar-refractivity contribution in [3.05, 3.63) is 85.7 Å². The van der Waals surface area contributed by atoms with Crippen molar-refractivity contribution >= 4 is 34.4 Å². The number of imide groups is 1. The van der Waals surface area contributed by atoms with Gasteiger partial charge in [-0.05, 0) is 37.6 Å². The summed E-state index contributed by atoms with van der Waals surface area (Å²) in [6.07, 6.45) is 0.247. The maximum absolute atomic E-state index is 12.7. The van der Waals surface area contributed by atoms with Crippen molar-refractivity contribution < 1.29 is 19.1 Å². The van der Waals surface area contributed by atoms with Gasteiger partial charge in [0.1, 0.15) is 11.3 Å². The van der Waals surface area contributed by atoms with Gasteiger partial charge in [-0.1, -0.05) is 30.3 Å². The highest BCUT2D eigenvalue weighted by atomic mass is 35.5. The summed E-state index contributed by atoms with van der Waals surface area (Å²) in [6, 6.07) is 8.23. The Balaban J connectivity index is 1.84. The van der Waals surface area contributed by atoms with E-state index in [1.165, 1.54) is 0 Å². The number of fused-ring (bicyclic) bond motifs is 2. The second kappa shape index (κ2) is 7.15. The van der Waals surface area contributed by atoms with E-state index >= 15 is 0 Å². The summed E-state index contributed by atoms with van der Waals surface area (Å²) in [5.74, 6) is -0.911. The fraction of sp³-hybridized carbons (Fsp3) is 0.174. The Morgan fingerprint density at radius 1 is 1.10 bits per heavy atom. The lowest BCUT2D eigenvalue weighted by atomic mass is 9.98. The summed E-state index contributed by atoms with van der Waals surface area (Å²) in [4.78, 5) is 39.1. The standard InChI is InChI=1S/C23H18ClNO5/c1-11(24)8-14-9-17-12(2)18(23(29)30-20(17)13(3)19(14)26)10-25-21(27)15-6-4-5-7-16(15)22(25)28/h4-7,9,26H,1,8,10H2,2-3H3. The molecule has 0 bridgehead atoms. The van der Waals surface area contributed by atoms with Gasteiger partial charge >= 0.3 is 5.63 Å². The molecule has 2 amide bonds. The van der Waals surface area contributed by atoms with E-state index in [2.05, 4.69) is 6.58 Å². The summed E-state index contributed by atoms with van der Waals surface area (Å²) in [6.45, 7) is 6.83. The molecule has 2 aromatic carbocycles. The topological polar surface area (TPSA) is 87.8 Å². The molecular weight excluding hydrogens is 406 g/mol. The number of allylic oxidation sites excluding steroid dienone is 1. The molecule has 0 spiro atoms. The Labute approximate surface area is 177 Å². The summed E-state index contributed by atoms with van der Waals surface area (Å²) < 4.78 is 5.48. The largest absolute Gasteiger partial charge is 0.507 e. The molecule has 4 rings (SSSR count). The van der Waals surface area contributed by atoms with Gasteiger partial charge in [-0.25, -0.2) is 4.79 Å². The molecule has 1 aromatic heterocycles. The Kier molecular flexibility index (Phi) is 4.74. The number of carbonyl (C=O) groups is 2. The van der Waals surface area contributed by atoms with Gasteiger partial charge in [-0.3, -0.25) is 14.5 Å². The van der Waals surface area contributed by atoms with Crippen molar-refractivity contribution in [2.75, 3.05) is 0 Å². The second-order valence-corrected chi connectivity index (χ2v) is 7.85. The third-order valence-corrected chi connectivity index (χ3v) is 5.57. The van der Waals surface area contributed by atoms with Gasteiger partial charge in [0.15, 0.2) is 0 Å². The smallest absolute Gasteiger partial charge is 0.341 e. The van der Waals surface area contributed by atoms with Gasteiger partial charge in [0.25, 0.3) is 11.8 Å². The quantitative estimate of drug-likeness (QED) is 0.501. The molecule has 6 nitrogen and oxygen atoms in total. The zero-order valence-corrected chi connectivity index (χ0v) is 17.2. The molecule has 2 heterocycles. The monoisotopic (exact) mass is 423 g/mol. The number of benzene rings is 2. The molecular formula is C23H18ClNO5.